The molecule has 0 amide bonds. The number of unbranched alkanes of at least 4 members (excludes halogenated alkanes) is 4. The van der Waals surface area contributed by atoms with E-state index < -0.39 is 0 Å². The lowest BCUT2D eigenvalue weighted by Crippen LogP contribution is -2.78. The summed E-state index contributed by atoms with van der Waals surface area (Å²) in [4.78, 5) is 48.9. The zero-order chi connectivity index (χ0) is 37.6. The van der Waals surface area contributed by atoms with Crippen LogP contribution in [0.25, 0.3) is 0 Å². The van der Waals surface area contributed by atoms with Crippen LogP contribution in [0.15, 0.2) is 0 Å². The smallest absolute Gasteiger partial charge is 0.300 e. The molecule has 284 valence electrons. The molecule has 0 aliphatic carbocycles. The summed E-state index contributed by atoms with van der Waals surface area (Å²) in [7, 11) is 0. The van der Waals surface area contributed by atoms with Crippen LogP contribution in [0.4, 0.5) is 0 Å². The molecule has 0 saturated heterocycles. The Morgan fingerprint density at radius 1 is 0.510 bits per heavy atom. The number of Topliss-reactive ketones (excluding diaryl/α,β-unsaturated/α-hetero) is 3. The van der Waals surface area contributed by atoms with Gasteiger partial charge in [-0.15, -0.1) is 0 Å². The zero-order valence-electron chi connectivity index (χ0n) is 31.0. The van der Waals surface area contributed by atoms with E-state index in [1.807, 2.05) is 27.7 Å². The normalized spacial score (nSPS) is 10.9. The van der Waals surface area contributed by atoms with Crippen LogP contribution in [0.3, 0.4) is 0 Å². The largest absolute Gasteiger partial charge is 0.338 e. The quantitative estimate of drug-likeness (QED) is 0.0197. The van der Waals surface area contributed by atoms with E-state index >= 15 is 0 Å². The molecular weight excluding hydrogens is 626 g/mol. The number of carbonyl (C=O) groups is 3. The van der Waals surface area contributed by atoms with Gasteiger partial charge in [-0.25, -0.2) is 0 Å². The van der Waals surface area contributed by atoms with Gasteiger partial charge in [0.05, 0.1) is 32.7 Å². The van der Waals surface area contributed by atoms with Crippen molar-refractivity contribution in [1.82, 2.24) is 9.80 Å². The molecule has 0 aromatic carbocycles. The average molecular weight is 700 g/mol. The summed E-state index contributed by atoms with van der Waals surface area (Å²) < 4.78 is 0. The topological polar surface area (TPSA) is 307 Å². The molecule has 16 heteroatoms. The van der Waals surface area contributed by atoms with Gasteiger partial charge in [0.2, 0.25) is 5.84 Å². The van der Waals surface area contributed by atoms with Gasteiger partial charge in [-0.2, -0.15) is 0 Å². The Balaban J connectivity index is 0. The van der Waals surface area contributed by atoms with Gasteiger partial charge in [0.25, 0.3) is 0 Å². The van der Waals surface area contributed by atoms with Crippen molar-refractivity contribution >= 4 is 41.1 Å². The summed E-state index contributed by atoms with van der Waals surface area (Å²) in [5, 5.41) is 5.45. The number of ketones is 3. The molecule has 0 spiro atoms. The maximum absolute atomic E-state index is 12.1. The highest BCUT2D eigenvalue weighted by Gasteiger charge is 2.16. The van der Waals surface area contributed by atoms with Crippen molar-refractivity contribution in [3.8, 4) is 0 Å². The van der Waals surface area contributed by atoms with Crippen LogP contribution >= 0.6 is 0 Å². The second-order valence-electron chi connectivity index (χ2n) is 13.1. The summed E-state index contributed by atoms with van der Waals surface area (Å²) >= 11 is 0. The molecule has 0 aliphatic rings. The minimum atomic E-state index is 0.00583. The Morgan fingerprint density at radius 3 is 1.39 bits per heavy atom. The molecular formula is C33H73N13O3+4. The number of carbonyl (C=O) groups excluding carboxylic acids is 3. The van der Waals surface area contributed by atoms with E-state index in [9.17, 15) is 14.4 Å². The molecule has 0 aliphatic heterocycles. The maximum atomic E-state index is 12.1. The van der Waals surface area contributed by atoms with E-state index in [-0.39, 0.29) is 47.1 Å². The Kier molecular flexibility index (Phi) is 29.2. The SMILES string of the molecule is CC(C)C(=O)CN(CCCCC(N)=[NH2+])CCC[NH+]=C(N)N.CC(C)C(=O)CN(CCCCCC[NH+]=C(N)N)CCC(=O)CCC[NH+]=C(N)N. The predicted molar refractivity (Wildman–Crippen MR) is 197 cm³/mol. The molecule has 0 unspecified atom stereocenters. The minimum absolute atomic E-state index is 0.00583. The lowest BCUT2D eigenvalue weighted by molar-refractivity contribution is -0.460. The molecule has 0 bridgehead atoms. The Labute approximate surface area is 294 Å². The summed E-state index contributed by atoms with van der Waals surface area (Å²) in [6.45, 7) is 13.8. The molecule has 0 heterocycles. The number of nitrogens with one attached hydrogen (secondary N) is 3. The second-order valence-corrected chi connectivity index (χ2v) is 13.1. The molecule has 0 saturated carbocycles. The lowest BCUT2D eigenvalue weighted by Gasteiger charge is -2.22. The van der Waals surface area contributed by atoms with Crippen LogP contribution < -0.4 is 60.5 Å². The monoisotopic (exact) mass is 700 g/mol. The van der Waals surface area contributed by atoms with Gasteiger partial charge >= 0.3 is 17.9 Å². The number of hydrogen-bond donors (Lipinski definition) is 11. The van der Waals surface area contributed by atoms with Gasteiger partial charge in [-0.05, 0) is 51.6 Å². The molecule has 49 heavy (non-hydrogen) atoms. The molecule has 16 nitrogen and oxygen atoms in total. The van der Waals surface area contributed by atoms with E-state index in [0.29, 0.717) is 57.8 Å². The fraction of sp³-hybridized carbons (Fsp3) is 0.788. The Bertz CT molecular complexity index is 1020. The van der Waals surface area contributed by atoms with Crippen molar-refractivity contribution in [2.75, 3.05) is 58.9 Å². The Hall–Kier alpha value is -3.79. The van der Waals surface area contributed by atoms with Crippen molar-refractivity contribution in [2.45, 2.75) is 98.3 Å². The van der Waals surface area contributed by atoms with Gasteiger partial charge in [0.15, 0.2) is 0 Å². The van der Waals surface area contributed by atoms with Crippen LogP contribution in [0.1, 0.15) is 98.3 Å². The lowest BCUT2D eigenvalue weighted by atomic mass is 10.1. The summed E-state index contributed by atoms with van der Waals surface area (Å²) in [6.07, 6.45) is 9.30. The van der Waals surface area contributed by atoms with E-state index in [1.54, 1.807) is 0 Å². The zero-order valence-corrected chi connectivity index (χ0v) is 31.0. The molecule has 0 aromatic heterocycles. The van der Waals surface area contributed by atoms with Gasteiger partial charge in [-0.1, -0.05) is 40.5 Å². The summed E-state index contributed by atoms with van der Waals surface area (Å²) in [5.74, 6) is 1.86. The van der Waals surface area contributed by atoms with E-state index in [0.717, 1.165) is 77.5 Å². The molecule has 0 atom stereocenters. The van der Waals surface area contributed by atoms with E-state index in [4.69, 9.17) is 45.5 Å². The highest BCUT2D eigenvalue weighted by Crippen LogP contribution is 2.06. The summed E-state index contributed by atoms with van der Waals surface area (Å²) in [6, 6.07) is 0. The van der Waals surface area contributed by atoms with Crippen molar-refractivity contribution in [3.63, 3.8) is 0 Å². The third-order valence-electron chi connectivity index (χ3n) is 7.62. The van der Waals surface area contributed by atoms with Crippen LogP contribution in [-0.2, 0) is 14.4 Å². The molecule has 0 fully saturated rings. The third kappa shape index (κ3) is 33.9. The van der Waals surface area contributed by atoms with Crippen LogP contribution in [0.5, 0.6) is 0 Å². The fourth-order valence-electron chi connectivity index (χ4n) is 4.52. The van der Waals surface area contributed by atoms with Crippen molar-refractivity contribution in [2.24, 2.45) is 52.0 Å². The van der Waals surface area contributed by atoms with Gasteiger partial charge in [0, 0.05) is 44.2 Å². The summed E-state index contributed by atoms with van der Waals surface area (Å²) in [5.41, 5.74) is 37.5. The first-order valence-corrected chi connectivity index (χ1v) is 17.8. The molecule has 0 radical (unpaired) electrons. The number of guanidine groups is 3. The van der Waals surface area contributed by atoms with Gasteiger partial charge in [0.1, 0.15) is 17.3 Å². The first-order valence-electron chi connectivity index (χ1n) is 17.8. The fourth-order valence-corrected chi connectivity index (χ4v) is 4.52. The van der Waals surface area contributed by atoms with Crippen molar-refractivity contribution in [3.05, 3.63) is 0 Å². The van der Waals surface area contributed by atoms with Crippen LogP contribution in [0.2, 0.25) is 0 Å². The molecule has 0 aromatic rings. The van der Waals surface area contributed by atoms with Crippen molar-refractivity contribution < 1.29 is 34.8 Å². The number of nitrogens with two attached hydrogens (primary N) is 8. The number of rotatable bonds is 29. The first kappa shape index (κ1) is 47.3. The van der Waals surface area contributed by atoms with Crippen molar-refractivity contribution in [1.29, 1.82) is 0 Å². The third-order valence-corrected chi connectivity index (χ3v) is 7.62. The number of amidine groups is 1. The van der Waals surface area contributed by atoms with Gasteiger partial charge in [-0.3, -0.25) is 84.7 Å². The number of nitrogens with zero attached hydrogens (tertiary/aromatic N) is 2. The standard InChI is InChI=1S/C19H39N7O2.C14H30N6O/c1-15(2)17(28)14-26(12-6-4-3-5-10-24-18(20)21)13-9-16(27)8-7-11-25-19(22)23;1-11(2)12(21)10-20(8-4-3-6-13(15)16)9-5-7-19-14(17)18/h15H,3-14H2,1-2H3,(H4,20,21,24)(H4,22,23,25);11H,3-10H2,1-2H3,(H3,15,16)(H4,17,18,19)/p+4. The highest BCUT2D eigenvalue weighted by atomic mass is 16.1. The Morgan fingerprint density at radius 2 is 0.918 bits per heavy atom. The molecule has 19 N–H and O–H groups in total. The van der Waals surface area contributed by atoms with E-state index in [2.05, 4.69) is 24.8 Å². The average Bonchev–Trinajstić information content (AvgIpc) is 3.01. The molecule has 0 rings (SSSR count). The number of hydrogen-bond acceptors (Lipinski definition) is 5. The second kappa shape index (κ2) is 30.3. The minimum Gasteiger partial charge on any atom is -0.300 e. The maximum Gasteiger partial charge on any atom is 0.338 e. The first-order chi connectivity index (χ1) is 23.0. The van der Waals surface area contributed by atoms with Crippen LogP contribution in [-0.4, -0.2) is 110 Å². The van der Waals surface area contributed by atoms with E-state index in [1.165, 1.54) is 0 Å². The highest BCUT2D eigenvalue weighted by molar-refractivity contribution is 5.83. The van der Waals surface area contributed by atoms with Crippen LogP contribution in [0, 0.1) is 11.8 Å². The predicted octanol–water partition coefficient (Wildman–Crippen LogP) is -6.93. The van der Waals surface area contributed by atoms with Gasteiger partial charge < -0.3 is 0 Å².